The topological polar surface area (TPSA) is 92.4 Å². The first-order valence-corrected chi connectivity index (χ1v) is 5.76. The molecule has 0 aliphatic heterocycles. The zero-order valence-electron chi connectivity index (χ0n) is 10.6. The van der Waals surface area contributed by atoms with Gasteiger partial charge in [0.2, 0.25) is 0 Å². The maximum Gasteiger partial charge on any atom is 0.311 e. The fourth-order valence-corrected chi connectivity index (χ4v) is 1.36. The Morgan fingerprint density at radius 1 is 1.33 bits per heavy atom. The molecule has 0 fully saturated rings. The van der Waals surface area contributed by atoms with Crippen molar-refractivity contribution in [1.82, 2.24) is 5.32 Å². The zero-order chi connectivity index (χ0) is 13.8. The lowest BCUT2D eigenvalue weighted by Crippen LogP contribution is -2.40. The van der Waals surface area contributed by atoms with E-state index in [1.165, 1.54) is 0 Å². The predicted octanol–water partition coefficient (Wildman–Crippen LogP) is 1.50. The molecule has 1 atom stereocenters. The third-order valence-electron chi connectivity index (χ3n) is 3.11. The van der Waals surface area contributed by atoms with Crippen LogP contribution in [0.1, 0.15) is 30.6 Å². The number of carboxylic acids is 1. The van der Waals surface area contributed by atoms with E-state index in [9.17, 15) is 9.59 Å². The standard InChI is InChI=1S/C13H18N2O3/c1-3-13(2,12(17)18)8-15-11(16)9-4-6-10(14)7-5-9/h4-7H,3,8,14H2,1-2H3,(H,15,16)(H,17,18). The van der Waals surface area contributed by atoms with Gasteiger partial charge in [-0.2, -0.15) is 0 Å². The molecule has 5 nitrogen and oxygen atoms in total. The molecule has 98 valence electrons. The number of carboxylic acid groups (broad SMARTS) is 1. The summed E-state index contributed by atoms with van der Waals surface area (Å²) in [4.78, 5) is 22.9. The van der Waals surface area contributed by atoms with Crippen molar-refractivity contribution in [1.29, 1.82) is 0 Å². The molecule has 18 heavy (non-hydrogen) atoms. The molecule has 0 spiro atoms. The molecule has 0 aromatic heterocycles. The van der Waals surface area contributed by atoms with E-state index >= 15 is 0 Å². The summed E-state index contributed by atoms with van der Waals surface area (Å²) >= 11 is 0. The van der Waals surface area contributed by atoms with Gasteiger partial charge >= 0.3 is 5.97 Å². The molecule has 1 aromatic rings. The minimum atomic E-state index is -0.941. The van der Waals surface area contributed by atoms with Gasteiger partial charge < -0.3 is 16.2 Å². The molecule has 1 amide bonds. The van der Waals surface area contributed by atoms with Crippen molar-refractivity contribution >= 4 is 17.6 Å². The van der Waals surface area contributed by atoms with Crippen LogP contribution < -0.4 is 11.1 Å². The molecule has 0 aliphatic carbocycles. The first-order valence-electron chi connectivity index (χ1n) is 5.76. The summed E-state index contributed by atoms with van der Waals surface area (Å²) in [6, 6.07) is 6.47. The molecule has 0 radical (unpaired) electrons. The van der Waals surface area contributed by atoms with Gasteiger partial charge in [-0.1, -0.05) is 6.92 Å². The number of benzene rings is 1. The number of nitrogens with two attached hydrogens (primary N) is 1. The summed E-state index contributed by atoms with van der Waals surface area (Å²) in [5, 5.41) is 11.7. The lowest BCUT2D eigenvalue weighted by atomic mass is 9.87. The van der Waals surface area contributed by atoms with Crippen molar-refractivity contribution in [3.05, 3.63) is 29.8 Å². The van der Waals surface area contributed by atoms with Crippen LogP contribution >= 0.6 is 0 Å². The molecule has 0 saturated heterocycles. The molecule has 5 heteroatoms. The van der Waals surface area contributed by atoms with E-state index in [1.54, 1.807) is 38.1 Å². The second kappa shape index (κ2) is 5.53. The van der Waals surface area contributed by atoms with Crippen LogP contribution in [0.5, 0.6) is 0 Å². The Kier molecular flexibility index (Phi) is 4.31. The first-order chi connectivity index (χ1) is 8.39. The number of nitrogens with one attached hydrogen (secondary N) is 1. The van der Waals surface area contributed by atoms with E-state index in [1.807, 2.05) is 0 Å². The monoisotopic (exact) mass is 250 g/mol. The molecule has 1 aromatic carbocycles. The van der Waals surface area contributed by atoms with Crippen LogP contribution in [0.2, 0.25) is 0 Å². The molecule has 0 heterocycles. The second-order valence-electron chi connectivity index (χ2n) is 4.52. The van der Waals surface area contributed by atoms with Crippen LogP contribution in [-0.4, -0.2) is 23.5 Å². The highest BCUT2D eigenvalue weighted by Gasteiger charge is 2.31. The number of anilines is 1. The maximum absolute atomic E-state index is 11.8. The molecule has 1 unspecified atom stereocenters. The van der Waals surface area contributed by atoms with Crippen LogP contribution in [0.4, 0.5) is 5.69 Å². The highest BCUT2D eigenvalue weighted by Crippen LogP contribution is 2.20. The van der Waals surface area contributed by atoms with Gasteiger partial charge in [0.1, 0.15) is 0 Å². The largest absolute Gasteiger partial charge is 0.481 e. The van der Waals surface area contributed by atoms with Gasteiger partial charge in [-0.3, -0.25) is 9.59 Å². The zero-order valence-corrected chi connectivity index (χ0v) is 10.6. The third kappa shape index (κ3) is 3.23. The van der Waals surface area contributed by atoms with Crippen LogP contribution in [0.15, 0.2) is 24.3 Å². The minimum Gasteiger partial charge on any atom is -0.481 e. The molecule has 0 bridgehead atoms. The fourth-order valence-electron chi connectivity index (χ4n) is 1.36. The Labute approximate surface area is 106 Å². The Morgan fingerprint density at radius 3 is 2.33 bits per heavy atom. The highest BCUT2D eigenvalue weighted by atomic mass is 16.4. The van der Waals surface area contributed by atoms with Gasteiger partial charge in [-0.05, 0) is 37.6 Å². The van der Waals surface area contributed by atoms with Crippen LogP contribution in [0.25, 0.3) is 0 Å². The van der Waals surface area contributed by atoms with Crippen molar-refractivity contribution in [2.24, 2.45) is 5.41 Å². The summed E-state index contributed by atoms with van der Waals surface area (Å²) in [5.74, 6) is -1.21. The van der Waals surface area contributed by atoms with Gasteiger partial charge in [-0.25, -0.2) is 0 Å². The Hall–Kier alpha value is -2.04. The number of carbonyl (C=O) groups excluding carboxylic acids is 1. The number of hydrogen-bond donors (Lipinski definition) is 3. The number of amides is 1. The normalized spacial score (nSPS) is 13.7. The summed E-state index contributed by atoms with van der Waals surface area (Å²) in [6.07, 6.45) is 0.449. The van der Waals surface area contributed by atoms with E-state index in [4.69, 9.17) is 10.8 Å². The Bertz CT molecular complexity index is 442. The maximum atomic E-state index is 11.8. The molecular weight excluding hydrogens is 232 g/mol. The van der Waals surface area contributed by atoms with Crippen molar-refractivity contribution in [2.45, 2.75) is 20.3 Å². The van der Waals surface area contributed by atoms with Gasteiger partial charge in [0.25, 0.3) is 5.91 Å². The summed E-state index contributed by atoms with van der Waals surface area (Å²) < 4.78 is 0. The minimum absolute atomic E-state index is 0.0992. The van der Waals surface area contributed by atoms with E-state index in [0.29, 0.717) is 17.7 Å². The average molecular weight is 250 g/mol. The lowest BCUT2D eigenvalue weighted by Gasteiger charge is -2.23. The third-order valence-corrected chi connectivity index (χ3v) is 3.11. The van der Waals surface area contributed by atoms with E-state index in [-0.39, 0.29) is 12.5 Å². The molecule has 0 saturated carbocycles. The molecule has 1 rings (SSSR count). The van der Waals surface area contributed by atoms with Crippen molar-refractivity contribution < 1.29 is 14.7 Å². The predicted molar refractivity (Wildman–Crippen MR) is 69.2 cm³/mol. The van der Waals surface area contributed by atoms with Crippen LogP contribution in [0.3, 0.4) is 0 Å². The number of rotatable bonds is 5. The number of carbonyl (C=O) groups is 2. The van der Waals surface area contributed by atoms with Crippen molar-refractivity contribution in [2.75, 3.05) is 12.3 Å². The van der Waals surface area contributed by atoms with E-state index in [2.05, 4.69) is 5.32 Å². The van der Waals surface area contributed by atoms with Gasteiger partial charge in [0.15, 0.2) is 0 Å². The van der Waals surface area contributed by atoms with E-state index in [0.717, 1.165) is 0 Å². The lowest BCUT2D eigenvalue weighted by molar-refractivity contribution is -0.147. The number of nitrogen functional groups attached to an aromatic ring is 1. The Balaban J connectivity index is 2.66. The molecular formula is C13H18N2O3. The van der Waals surface area contributed by atoms with E-state index < -0.39 is 11.4 Å². The number of aliphatic carboxylic acids is 1. The van der Waals surface area contributed by atoms with Gasteiger partial charge in [0, 0.05) is 17.8 Å². The van der Waals surface area contributed by atoms with Crippen LogP contribution in [0, 0.1) is 5.41 Å². The molecule has 4 N–H and O–H groups in total. The summed E-state index contributed by atoms with van der Waals surface area (Å²) in [6.45, 7) is 3.49. The average Bonchev–Trinajstić information content (AvgIpc) is 2.36. The second-order valence-corrected chi connectivity index (χ2v) is 4.52. The molecule has 0 aliphatic rings. The number of hydrogen-bond acceptors (Lipinski definition) is 3. The van der Waals surface area contributed by atoms with Crippen molar-refractivity contribution in [3.8, 4) is 0 Å². The van der Waals surface area contributed by atoms with Crippen molar-refractivity contribution in [3.63, 3.8) is 0 Å². The quantitative estimate of drug-likeness (QED) is 0.690. The Morgan fingerprint density at radius 2 is 1.89 bits per heavy atom. The van der Waals surface area contributed by atoms with Crippen LogP contribution in [-0.2, 0) is 4.79 Å². The first kappa shape index (κ1) is 14.0. The SMILES string of the molecule is CCC(C)(CNC(=O)c1ccc(N)cc1)C(=O)O. The highest BCUT2D eigenvalue weighted by molar-refractivity contribution is 5.94. The smallest absolute Gasteiger partial charge is 0.311 e. The van der Waals surface area contributed by atoms with Gasteiger partial charge in [0.05, 0.1) is 5.41 Å². The fraction of sp³-hybridized carbons (Fsp3) is 0.385. The summed E-state index contributed by atoms with van der Waals surface area (Å²) in [5.41, 5.74) is 5.63. The summed E-state index contributed by atoms with van der Waals surface area (Å²) in [7, 11) is 0. The van der Waals surface area contributed by atoms with Gasteiger partial charge in [-0.15, -0.1) is 0 Å².